The molecule has 0 spiro atoms. The summed E-state index contributed by atoms with van der Waals surface area (Å²) in [6.07, 6.45) is 0. The summed E-state index contributed by atoms with van der Waals surface area (Å²) in [7, 11) is 0. The van der Waals surface area contributed by atoms with Crippen molar-refractivity contribution in [1.82, 2.24) is 0 Å². The molecule has 4 rings (SSSR count). The molecule has 2 atom stereocenters. The van der Waals surface area contributed by atoms with E-state index in [2.05, 4.69) is 135 Å². The molecule has 0 radical (unpaired) electrons. The predicted octanol–water partition coefficient (Wildman–Crippen LogP) is 6.89. The van der Waals surface area contributed by atoms with Crippen LogP contribution in [-0.4, -0.2) is 37.1 Å². The monoisotopic (exact) mass is 1140 g/mol. The number of aliphatic imine (C=N–C) groups is 2. The molecule has 0 aromatic heterocycles. The van der Waals surface area contributed by atoms with Crippen molar-refractivity contribution in [3.8, 4) is 0 Å². The summed E-state index contributed by atoms with van der Waals surface area (Å²) in [4.78, 5) is 9.19. The summed E-state index contributed by atoms with van der Waals surface area (Å²) in [6.45, 7) is 41.5. The van der Waals surface area contributed by atoms with Crippen LogP contribution in [0.4, 0.5) is 0 Å². The molecular formula is C32H32Cr2I2N2O8Pd2. The van der Waals surface area contributed by atoms with Gasteiger partial charge in [0.05, 0.1) is 25.3 Å². The molecule has 2 aliphatic heterocycles. The van der Waals surface area contributed by atoms with Gasteiger partial charge in [0.2, 0.25) is 0 Å². The van der Waals surface area contributed by atoms with Crippen molar-refractivity contribution < 1.29 is 103 Å². The molecule has 16 heteroatoms. The average Bonchev–Trinajstić information content (AvgIpc) is 3.85. The van der Waals surface area contributed by atoms with Gasteiger partial charge >= 0.3 is 138 Å². The fraction of sp³-hybridized carbons (Fsp3) is 0.375. The molecule has 0 unspecified atom stereocenters. The second kappa shape index (κ2) is 46.7. The Morgan fingerprint density at radius 3 is 1.00 bits per heavy atom. The molecule has 48 heavy (non-hydrogen) atoms. The number of nitrogens with zero attached hydrogens (tertiary/aromatic N) is 2. The third-order valence-electron chi connectivity index (χ3n) is 5.18. The third kappa shape index (κ3) is 31.6. The third-order valence-corrected chi connectivity index (χ3v) is 5.18. The Labute approximate surface area is 349 Å². The van der Waals surface area contributed by atoms with E-state index in [0.29, 0.717) is 13.2 Å². The second-order valence-corrected chi connectivity index (χ2v) is 9.81. The van der Waals surface area contributed by atoms with Gasteiger partial charge < -0.3 is 9.47 Å². The van der Waals surface area contributed by atoms with E-state index in [1.165, 1.54) is 0 Å². The van der Waals surface area contributed by atoms with Crippen molar-refractivity contribution in [2.75, 3.05) is 13.2 Å². The minimum absolute atomic E-state index is 0. The topological polar surface area (TPSA) is 163 Å². The number of hydrogen-bond donors (Lipinski definition) is 0. The van der Waals surface area contributed by atoms with Crippen molar-refractivity contribution in [3.05, 3.63) is 112 Å². The standard InChI is InChI=1S/2C13H16NO.6CO.2Cr.2HI.2Pd/c2*1-13(2,3)11-9-15-12(14-11)10-7-5-4-6-8-10;6*1-2;;;;;;/h2*4-7,11H,9H2,1-3H3;;;;;;;;;2*1H;;/q2*-1;;;;;;;;;;;2*+2/p-2/t2*11-;;;;;;;;;;;;/m11............/s1. The van der Waals surface area contributed by atoms with Gasteiger partial charge in [-0.3, -0.25) is 9.98 Å². The molecule has 0 aliphatic carbocycles. The van der Waals surface area contributed by atoms with Crippen LogP contribution in [0, 0.1) is 62.9 Å². The van der Waals surface area contributed by atoms with Crippen LogP contribution in [0.1, 0.15) is 52.7 Å². The quantitative estimate of drug-likeness (QED) is 0.139. The van der Waals surface area contributed by atoms with Crippen LogP contribution in [-0.2, 0) is 103 Å². The van der Waals surface area contributed by atoms with E-state index >= 15 is 0 Å². The number of hydrogen-bond acceptors (Lipinski definition) is 4. The Kier molecular flexibility index (Phi) is 64.1. The first-order valence-corrected chi connectivity index (χ1v) is 21.2. The zero-order valence-electron chi connectivity index (χ0n) is 26.6. The molecule has 10 nitrogen and oxygen atoms in total. The summed E-state index contributed by atoms with van der Waals surface area (Å²) in [5.41, 5.74) is 2.22. The van der Waals surface area contributed by atoms with E-state index in [1.54, 1.807) is 0 Å². The van der Waals surface area contributed by atoms with E-state index in [-0.39, 0.29) is 57.6 Å². The first-order chi connectivity index (χ1) is 22.1. The molecular weight excluding hydrogens is 1110 g/mol. The summed E-state index contributed by atoms with van der Waals surface area (Å²) < 4.78 is 56.2. The van der Waals surface area contributed by atoms with E-state index in [1.807, 2.05) is 87.6 Å². The van der Waals surface area contributed by atoms with Crippen LogP contribution < -0.4 is 0 Å². The van der Waals surface area contributed by atoms with Crippen LogP contribution in [0.25, 0.3) is 0 Å². The summed E-state index contributed by atoms with van der Waals surface area (Å²) in [5, 5.41) is 0. The normalized spacial score (nSPS) is 13.7. The first kappa shape index (κ1) is 66.0. The molecule has 2 aliphatic rings. The predicted molar refractivity (Wildman–Crippen MR) is 174 cm³/mol. The van der Waals surface area contributed by atoms with Crippen molar-refractivity contribution in [3.63, 3.8) is 0 Å². The number of halogens is 2. The Morgan fingerprint density at radius 2 is 0.833 bits per heavy atom. The van der Waals surface area contributed by atoms with Gasteiger partial charge in [-0.15, -0.1) is 60.7 Å². The van der Waals surface area contributed by atoms with Gasteiger partial charge in [-0.1, -0.05) is 52.7 Å². The van der Waals surface area contributed by atoms with Gasteiger partial charge in [0.15, 0.2) is 0 Å². The molecule has 2 aromatic rings. The summed E-state index contributed by atoms with van der Waals surface area (Å²) >= 11 is 9.44. The zero-order chi connectivity index (χ0) is 37.8. The van der Waals surface area contributed by atoms with Gasteiger partial charge in [0, 0.05) is 34.7 Å². The zero-order valence-corrected chi connectivity index (χ0v) is 36.5. The van der Waals surface area contributed by atoms with E-state index in [9.17, 15) is 0 Å². The van der Waals surface area contributed by atoms with Crippen LogP contribution in [0.5, 0.6) is 0 Å². The molecule has 0 N–H and O–H groups in total. The van der Waals surface area contributed by atoms with Crippen molar-refractivity contribution >= 4 is 50.8 Å². The van der Waals surface area contributed by atoms with Gasteiger partial charge in [-0.2, -0.15) is 0 Å². The van der Waals surface area contributed by atoms with Crippen molar-refractivity contribution in [2.24, 2.45) is 20.8 Å². The maximum absolute atomic E-state index is 7.50. The number of benzene rings is 2. The van der Waals surface area contributed by atoms with Crippen LogP contribution in [0.3, 0.4) is 0 Å². The molecule has 0 amide bonds. The molecule has 264 valence electrons. The fourth-order valence-corrected chi connectivity index (χ4v) is 2.98. The van der Waals surface area contributed by atoms with Crippen molar-refractivity contribution in [2.45, 2.75) is 53.6 Å². The molecule has 2 aromatic carbocycles. The van der Waals surface area contributed by atoms with E-state index in [0.717, 1.165) is 22.9 Å². The van der Waals surface area contributed by atoms with Gasteiger partial charge in [0.1, 0.15) is 11.8 Å². The van der Waals surface area contributed by atoms with Gasteiger partial charge in [-0.25, -0.2) is 0 Å². The second-order valence-electron chi connectivity index (χ2n) is 9.81. The van der Waals surface area contributed by atoms with Gasteiger partial charge in [-0.05, 0) is 10.8 Å². The maximum atomic E-state index is 7.50. The van der Waals surface area contributed by atoms with Crippen LogP contribution >= 0.6 is 39.0 Å². The van der Waals surface area contributed by atoms with Gasteiger partial charge in [0.25, 0.3) is 0 Å². The molecule has 2 heterocycles. The van der Waals surface area contributed by atoms with Crippen molar-refractivity contribution in [1.29, 1.82) is 0 Å². The molecule has 0 bridgehead atoms. The molecule has 0 saturated carbocycles. The minimum atomic E-state index is 0. The summed E-state index contributed by atoms with van der Waals surface area (Å²) in [6, 6.07) is 22.3. The number of rotatable bonds is 2. The SMILES string of the molecule is CC(C)(C)[C@H]1COC(c2[c-]cccc2)=N1.CC(C)(C)[C@H]1COC(c2[c-]cccc2)=N1.[C-]#[O+].[C-]#[O+].[C-]#[O+].[C-]#[O+].[C-]#[O+].[C-]#[O+].[Cr].[Cr].[Pd+][I].[Pd+][I]. The summed E-state index contributed by atoms with van der Waals surface area (Å²) in [5.74, 6) is 1.46. The van der Waals surface area contributed by atoms with Crippen LogP contribution in [0.2, 0.25) is 0 Å². The van der Waals surface area contributed by atoms with E-state index in [4.69, 9.17) is 37.4 Å². The van der Waals surface area contributed by atoms with E-state index < -0.39 is 0 Å². The first-order valence-electron chi connectivity index (χ1n) is 12.0. The Hall–Kier alpha value is -0.330. The van der Waals surface area contributed by atoms with Crippen LogP contribution in [0.15, 0.2) is 58.5 Å². The molecule has 0 saturated heterocycles. The Morgan fingerprint density at radius 1 is 0.583 bits per heavy atom. The fourth-order valence-electron chi connectivity index (χ4n) is 2.98. The number of ether oxygens (including phenoxy) is 2. The average molecular weight is 1140 g/mol. The Balaban J connectivity index is -0.0000000762. The molecule has 0 fully saturated rings. The Bertz CT molecular complexity index is 1060.